The summed E-state index contributed by atoms with van der Waals surface area (Å²) in [5, 5.41) is 1.15. The Kier molecular flexibility index (Phi) is 5.74. The van der Waals surface area contributed by atoms with E-state index in [2.05, 4.69) is 5.43 Å². The van der Waals surface area contributed by atoms with Gasteiger partial charge in [-0.15, -0.1) is 0 Å². The van der Waals surface area contributed by atoms with Gasteiger partial charge in [0.25, 0.3) is 11.8 Å². The molecular formula is C21H20N2O5. The molecule has 0 atom stereocenters. The highest BCUT2D eigenvalue weighted by atomic mass is 16.5. The van der Waals surface area contributed by atoms with Crippen LogP contribution in [0.2, 0.25) is 0 Å². The van der Waals surface area contributed by atoms with Gasteiger partial charge in [-0.25, -0.2) is 9.80 Å². The molecule has 7 heteroatoms. The van der Waals surface area contributed by atoms with Crippen molar-refractivity contribution in [2.24, 2.45) is 0 Å². The summed E-state index contributed by atoms with van der Waals surface area (Å²) in [5.74, 6) is -0.847. The molecule has 144 valence electrons. The van der Waals surface area contributed by atoms with Crippen LogP contribution in [0.3, 0.4) is 0 Å². The van der Waals surface area contributed by atoms with Crippen molar-refractivity contribution in [2.75, 3.05) is 18.2 Å². The summed E-state index contributed by atoms with van der Waals surface area (Å²) in [6.45, 7) is 4.33. The van der Waals surface area contributed by atoms with Gasteiger partial charge in [0.15, 0.2) is 0 Å². The van der Waals surface area contributed by atoms with Crippen LogP contribution in [-0.4, -0.2) is 31.0 Å². The van der Waals surface area contributed by atoms with Crippen LogP contribution in [0, 0.1) is 0 Å². The first-order valence-corrected chi connectivity index (χ1v) is 8.91. The average Bonchev–Trinajstić information content (AvgIpc) is 2.98. The van der Waals surface area contributed by atoms with Gasteiger partial charge in [-0.3, -0.25) is 15.0 Å². The van der Waals surface area contributed by atoms with Gasteiger partial charge in [0, 0.05) is 5.56 Å². The predicted molar refractivity (Wildman–Crippen MR) is 104 cm³/mol. The molecule has 2 amide bonds. The maximum Gasteiger partial charge on any atom is 0.338 e. The van der Waals surface area contributed by atoms with Gasteiger partial charge in [0.05, 0.1) is 24.5 Å². The monoisotopic (exact) mass is 380 g/mol. The molecule has 0 saturated carbocycles. The first-order valence-electron chi connectivity index (χ1n) is 8.91. The number of esters is 1. The lowest BCUT2D eigenvalue weighted by Gasteiger charge is -2.14. The highest BCUT2D eigenvalue weighted by molar-refractivity contribution is 6.31. The lowest BCUT2D eigenvalue weighted by Crippen LogP contribution is -2.35. The molecule has 1 heterocycles. The number of carbonyl (C=O) groups excluding carboxylic acids is 3. The third-order valence-electron chi connectivity index (χ3n) is 4.05. The highest BCUT2D eigenvalue weighted by Gasteiger charge is 2.34. The third-order valence-corrected chi connectivity index (χ3v) is 4.05. The maximum atomic E-state index is 12.8. The van der Waals surface area contributed by atoms with Crippen LogP contribution in [-0.2, 0) is 14.3 Å². The zero-order valence-electron chi connectivity index (χ0n) is 15.6. The topological polar surface area (TPSA) is 84.9 Å². The fourth-order valence-electron chi connectivity index (χ4n) is 2.74. The number of nitrogens with one attached hydrogen (secondary N) is 1. The zero-order valence-corrected chi connectivity index (χ0v) is 15.6. The first-order chi connectivity index (χ1) is 13.5. The molecule has 0 spiro atoms. The summed E-state index contributed by atoms with van der Waals surface area (Å²) in [6, 6.07) is 13.4. The van der Waals surface area contributed by atoms with Crippen molar-refractivity contribution in [2.45, 2.75) is 13.8 Å². The first kappa shape index (κ1) is 19.2. The normalized spacial score (nSPS) is 14.9. The van der Waals surface area contributed by atoms with Crippen molar-refractivity contribution in [3.05, 3.63) is 65.2 Å². The SMILES string of the molecule is CCOC(=O)c1ccc(N2NC(=O)C(=Cc3ccccc3OCC)C2=O)cc1. The molecule has 1 aliphatic rings. The molecule has 0 unspecified atom stereocenters. The smallest absolute Gasteiger partial charge is 0.338 e. The molecular weight excluding hydrogens is 360 g/mol. The van der Waals surface area contributed by atoms with Crippen LogP contribution >= 0.6 is 0 Å². The van der Waals surface area contributed by atoms with Crippen LogP contribution in [0.15, 0.2) is 54.1 Å². The van der Waals surface area contributed by atoms with E-state index in [1.807, 2.05) is 13.0 Å². The Labute approximate surface area is 162 Å². The summed E-state index contributed by atoms with van der Waals surface area (Å²) in [7, 11) is 0. The summed E-state index contributed by atoms with van der Waals surface area (Å²) in [5.41, 5.74) is 3.98. The Morgan fingerprint density at radius 1 is 1.04 bits per heavy atom. The fourth-order valence-corrected chi connectivity index (χ4v) is 2.74. The van der Waals surface area contributed by atoms with E-state index >= 15 is 0 Å². The van der Waals surface area contributed by atoms with Crippen LogP contribution in [0.5, 0.6) is 5.75 Å². The maximum absolute atomic E-state index is 12.8. The number of hydrazine groups is 1. The molecule has 0 aromatic heterocycles. The van der Waals surface area contributed by atoms with Gasteiger partial charge in [-0.2, -0.15) is 0 Å². The van der Waals surface area contributed by atoms with E-state index < -0.39 is 17.8 Å². The number of hydrogen-bond donors (Lipinski definition) is 1. The van der Waals surface area contributed by atoms with Crippen molar-refractivity contribution in [3.8, 4) is 5.75 Å². The van der Waals surface area contributed by atoms with Gasteiger partial charge in [-0.1, -0.05) is 18.2 Å². The van der Waals surface area contributed by atoms with Crippen LogP contribution in [0.4, 0.5) is 5.69 Å². The highest BCUT2D eigenvalue weighted by Crippen LogP contribution is 2.25. The van der Waals surface area contributed by atoms with Crippen LogP contribution in [0.1, 0.15) is 29.8 Å². The second-order valence-corrected chi connectivity index (χ2v) is 5.88. The molecule has 1 fully saturated rings. The van der Waals surface area contributed by atoms with Crippen LogP contribution < -0.4 is 15.2 Å². The second kappa shape index (κ2) is 8.39. The quantitative estimate of drug-likeness (QED) is 0.473. The Morgan fingerprint density at radius 2 is 1.75 bits per heavy atom. The van der Waals surface area contributed by atoms with E-state index in [1.54, 1.807) is 49.4 Å². The van der Waals surface area contributed by atoms with Crippen molar-refractivity contribution in [3.63, 3.8) is 0 Å². The summed E-state index contributed by atoms with van der Waals surface area (Å²) in [4.78, 5) is 36.8. The molecule has 2 aromatic carbocycles. The number of hydrogen-bond acceptors (Lipinski definition) is 5. The van der Waals surface area contributed by atoms with E-state index in [4.69, 9.17) is 9.47 Å². The molecule has 1 aliphatic heterocycles. The van der Waals surface area contributed by atoms with E-state index in [0.29, 0.717) is 29.2 Å². The number of nitrogens with zero attached hydrogens (tertiary/aromatic N) is 1. The minimum Gasteiger partial charge on any atom is -0.493 e. The number of para-hydroxylation sites is 1. The van der Waals surface area contributed by atoms with Crippen molar-refractivity contribution >= 4 is 29.5 Å². The van der Waals surface area contributed by atoms with Crippen molar-refractivity contribution in [1.29, 1.82) is 0 Å². The number of rotatable bonds is 6. The number of carbonyl (C=O) groups is 3. The molecule has 28 heavy (non-hydrogen) atoms. The van der Waals surface area contributed by atoms with Gasteiger partial charge >= 0.3 is 5.97 Å². The molecule has 0 aliphatic carbocycles. The lowest BCUT2D eigenvalue weighted by molar-refractivity contribution is -0.117. The molecule has 0 radical (unpaired) electrons. The van der Waals surface area contributed by atoms with Gasteiger partial charge in [0.1, 0.15) is 11.3 Å². The van der Waals surface area contributed by atoms with E-state index in [9.17, 15) is 14.4 Å². The Balaban J connectivity index is 1.85. The zero-order chi connectivity index (χ0) is 20.1. The molecule has 1 saturated heterocycles. The molecule has 0 bridgehead atoms. The molecule has 1 N–H and O–H groups in total. The predicted octanol–water partition coefficient (Wildman–Crippen LogP) is 2.72. The largest absolute Gasteiger partial charge is 0.493 e. The minimum absolute atomic E-state index is 0.00150. The number of amides is 2. The Morgan fingerprint density at radius 3 is 2.43 bits per heavy atom. The Hall–Kier alpha value is -3.61. The van der Waals surface area contributed by atoms with Crippen molar-refractivity contribution < 1.29 is 23.9 Å². The minimum atomic E-state index is -0.509. The standard InChI is InChI=1S/C21H20N2O5/c1-3-27-18-8-6-5-7-15(18)13-17-19(24)22-23(20(17)25)16-11-9-14(10-12-16)21(26)28-4-2/h5-13H,3-4H2,1-2H3,(H,22,24). The van der Waals surface area contributed by atoms with Crippen LogP contribution in [0.25, 0.3) is 6.08 Å². The molecule has 3 rings (SSSR count). The lowest BCUT2D eigenvalue weighted by atomic mass is 10.1. The van der Waals surface area contributed by atoms with Gasteiger partial charge in [-0.05, 0) is 50.3 Å². The summed E-state index contributed by atoms with van der Waals surface area (Å²) >= 11 is 0. The van der Waals surface area contributed by atoms with E-state index in [1.165, 1.54) is 6.08 Å². The summed E-state index contributed by atoms with van der Waals surface area (Å²) in [6.07, 6.45) is 1.51. The molecule has 2 aromatic rings. The van der Waals surface area contributed by atoms with Gasteiger partial charge < -0.3 is 9.47 Å². The van der Waals surface area contributed by atoms with E-state index in [-0.39, 0.29) is 12.2 Å². The number of ether oxygens (including phenoxy) is 2. The average molecular weight is 380 g/mol. The van der Waals surface area contributed by atoms with Gasteiger partial charge in [0.2, 0.25) is 0 Å². The van der Waals surface area contributed by atoms with Crippen molar-refractivity contribution in [1.82, 2.24) is 5.43 Å². The molecule has 7 nitrogen and oxygen atoms in total. The summed E-state index contributed by atoms with van der Waals surface area (Å²) < 4.78 is 10.5. The number of benzene rings is 2. The third kappa shape index (κ3) is 3.88. The number of anilines is 1. The second-order valence-electron chi connectivity index (χ2n) is 5.88. The van der Waals surface area contributed by atoms with E-state index in [0.717, 1.165) is 5.01 Å². The Bertz CT molecular complexity index is 934. The fraction of sp³-hybridized carbons (Fsp3) is 0.190.